The third kappa shape index (κ3) is 3.62. The number of carbonyl (C=O) groups excluding carboxylic acids is 1. The Hall–Kier alpha value is -1.30. The lowest BCUT2D eigenvalue weighted by Crippen LogP contribution is -2.56. The SMILES string of the molecule is CCC1CCN(C(=O)NC2CCCOC2)C(C(=O)O)C1. The van der Waals surface area contributed by atoms with Gasteiger partial charge in [0.25, 0.3) is 0 Å². The molecule has 0 saturated carbocycles. The van der Waals surface area contributed by atoms with Crippen molar-refractivity contribution in [1.82, 2.24) is 10.2 Å². The number of rotatable bonds is 3. The van der Waals surface area contributed by atoms with Crippen LogP contribution in [0.15, 0.2) is 0 Å². The molecule has 2 N–H and O–H groups in total. The Balaban J connectivity index is 1.94. The number of nitrogens with one attached hydrogen (secondary N) is 1. The van der Waals surface area contributed by atoms with Crippen LogP contribution in [0.2, 0.25) is 0 Å². The lowest BCUT2D eigenvalue weighted by atomic mass is 9.89. The second-order valence-electron chi connectivity index (χ2n) is 5.71. The molecule has 2 rings (SSSR count). The van der Waals surface area contributed by atoms with E-state index in [4.69, 9.17) is 4.74 Å². The average molecular weight is 284 g/mol. The highest BCUT2D eigenvalue weighted by atomic mass is 16.5. The molecule has 0 radical (unpaired) electrons. The number of piperidine rings is 1. The smallest absolute Gasteiger partial charge is 0.326 e. The van der Waals surface area contributed by atoms with Gasteiger partial charge in [-0.05, 0) is 31.6 Å². The minimum absolute atomic E-state index is 0.00888. The van der Waals surface area contributed by atoms with Gasteiger partial charge in [0, 0.05) is 13.2 Å². The molecule has 2 fully saturated rings. The Kier molecular flexibility index (Phi) is 5.23. The van der Waals surface area contributed by atoms with Crippen molar-refractivity contribution in [1.29, 1.82) is 0 Å². The zero-order valence-electron chi connectivity index (χ0n) is 12.0. The molecule has 0 aromatic carbocycles. The standard InChI is InChI=1S/C14H24N2O4/c1-2-10-5-6-16(12(8-10)13(17)18)14(19)15-11-4-3-7-20-9-11/h10-12H,2-9H2,1H3,(H,15,19)(H,17,18). The predicted octanol–water partition coefficient (Wildman–Crippen LogP) is 1.45. The van der Waals surface area contributed by atoms with Crippen LogP contribution < -0.4 is 5.32 Å². The largest absolute Gasteiger partial charge is 0.480 e. The molecule has 2 aliphatic heterocycles. The summed E-state index contributed by atoms with van der Waals surface area (Å²) in [5.41, 5.74) is 0. The minimum Gasteiger partial charge on any atom is -0.480 e. The molecule has 0 spiro atoms. The van der Waals surface area contributed by atoms with Gasteiger partial charge in [-0.25, -0.2) is 9.59 Å². The highest BCUT2D eigenvalue weighted by Gasteiger charge is 2.36. The zero-order valence-corrected chi connectivity index (χ0v) is 12.0. The first-order valence-corrected chi connectivity index (χ1v) is 7.49. The summed E-state index contributed by atoms with van der Waals surface area (Å²) >= 11 is 0. The monoisotopic (exact) mass is 284 g/mol. The van der Waals surface area contributed by atoms with Crippen LogP contribution in [-0.2, 0) is 9.53 Å². The van der Waals surface area contributed by atoms with Gasteiger partial charge in [-0.15, -0.1) is 0 Å². The third-order valence-electron chi connectivity index (χ3n) is 4.32. The van der Waals surface area contributed by atoms with Crippen LogP contribution in [0.25, 0.3) is 0 Å². The van der Waals surface area contributed by atoms with E-state index in [9.17, 15) is 14.7 Å². The van der Waals surface area contributed by atoms with Gasteiger partial charge in [0.05, 0.1) is 12.6 Å². The molecular weight excluding hydrogens is 260 g/mol. The van der Waals surface area contributed by atoms with Crippen molar-refractivity contribution in [3.05, 3.63) is 0 Å². The molecule has 0 aliphatic carbocycles. The fourth-order valence-corrected chi connectivity index (χ4v) is 3.00. The Bertz CT molecular complexity index is 355. The quantitative estimate of drug-likeness (QED) is 0.822. The number of nitrogens with zero attached hydrogens (tertiary/aromatic N) is 1. The summed E-state index contributed by atoms with van der Waals surface area (Å²) in [5, 5.41) is 12.2. The van der Waals surface area contributed by atoms with E-state index in [0.29, 0.717) is 25.5 Å². The van der Waals surface area contributed by atoms with E-state index in [1.165, 1.54) is 4.90 Å². The van der Waals surface area contributed by atoms with E-state index in [1.54, 1.807) is 0 Å². The zero-order chi connectivity index (χ0) is 14.5. The van der Waals surface area contributed by atoms with Crippen LogP contribution in [0.3, 0.4) is 0 Å². The number of hydrogen-bond donors (Lipinski definition) is 2. The molecule has 2 saturated heterocycles. The first-order chi connectivity index (χ1) is 9.61. The summed E-state index contributed by atoms with van der Waals surface area (Å²) in [6, 6.07) is -0.949. The van der Waals surface area contributed by atoms with Crippen molar-refractivity contribution in [2.75, 3.05) is 19.8 Å². The van der Waals surface area contributed by atoms with E-state index in [-0.39, 0.29) is 12.1 Å². The maximum atomic E-state index is 12.3. The van der Waals surface area contributed by atoms with Crippen LogP contribution in [0, 0.1) is 5.92 Å². The maximum Gasteiger partial charge on any atom is 0.326 e. The predicted molar refractivity (Wildman–Crippen MR) is 73.5 cm³/mol. The lowest BCUT2D eigenvalue weighted by molar-refractivity contribution is -0.144. The van der Waals surface area contributed by atoms with Gasteiger partial charge in [0.15, 0.2) is 0 Å². The number of carbonyl (C=O) groups is 2. The third-order valence-corrected chi connectivity index (χ3v) is 4.32. The van der Waals surface area contributed by atoms with Gasteiger partial charge in [0.2, 0.25) is 0 Å². The van der Waals surface area contributed by atoms with E-state index in [0.717, 1.165) is 32.3 Å². The van der Waals surface area contributed by atoms with Crippen molar-refractivity contribution in [3.63, 3.8) is 0 Å². The fourth-order valence-electron chi connectivity index (χ4n) is 3.00. The van der Waals surface area contributed by atoms with Gasteiger partial charge in [0.1, 0.15) is 6.04 Å². The lowest BCUT2D eigenvalue weighted by Gasteiger charge is -2.38. The summed E-state index contributed by atoms with van der Waals surface area (Å²) in [6.07, 6.45) is 4.24. The van der Waals surface area contributed by atoms with E-state index >= 15 is 0 Å². The number of likely N-dealkylation sites (tertiary alicyclic amines) is 1. The molecule has 6 heteroatoms. The summed E-state index contributed by atoms with van der Waals surface area (Å²) in [5.74, 6) is -0.503. The van der Waals surface area contributed by atoms with Crippen molar-refractivity contribution in [2.24, 2.45) is 5.92 Å². The highest BCUT2D eigenvalue weighted by Crippen LogP contribution is 2.25. The highest BCUT2D eigenvalue weighted by molar-refractivity contribution is 5.83. The van der Waals surface area contributed by atoms with Crippen molar-refractivity contribution < 1.29 is 19.4 Å². The first-order valence-electron chi connectivity index (χ1n) is 7.49. The van der Waals surface area contributed by atoms with E-state index in [1.807, 2.05) is 0 Å². The second kappa shape index (κ2) is 6.92. The molecule has 114 valence electrons. The van der Waals surface area contributed by atoms with Crippen LogP contribution in [-0.4, -0.2) is 53.8 Å². The molecule has 2 heterocycles. The van der Waals surface area contributed by atoms with Crippen molar-refractivity contribution >= 4 is 12.0 Å². The number of carboxylic acid groups (broad SMARTS) is 1. The number of urea groups is 1. The summed E-state index contributed by atoms with van der Waals surface area (Å²) < 4.78 is 5.33. The number of carboxylic acids is 1. The Morgan fingerprint density at radius 3 is 2.80 bits per heavy atom. The van der Waals surface area contributed by atoms with Crippen LogP contribution in [0.1, 0.15) is 39.0 Å². The maximum absolute atomic E-state index is 12.3. The summed E-state index contributed by atoms with van der Waals surface area (Å²) in [6.45, 7) is 3.86. The van der Waals surface area contributed by atoms with E-state index < -0.39 is 12.0 Å². The molecule has 2 aliphatic rings. The second-order valence-corrected chi connectivity index (χ2v) is 5.71. The van der Waals surface area contributed by atoms with Gasteiger partial charge >= 0.3 is 12.0 Å². The Morgan fingerprint density at radius 2 is 2.20 bits per heavy atom. The van der Waals surface area contributed by atoms with Crippen molar-refractivity contribution in [3.8, 4) is 0 Å². The summed E-state index contributed by atoms with van der Waals surface area (Å²) in [4.78, 5) is 25.1. The number of aliphatic carboxylic acids is 1. The fraction of sp³-hybridized carbons (Fsp3) is 0.857. The average Bonchev–Trinajstić information content (AvgIpc) is 2.47. The van der Waals surface area contributed by atoms with Gasteiger partial charge < -0.3 is 20.1 Å². The van der Waals surface area contributed by atoms with Crippen LogP contribution >= 0.6 is 0 Å². The molecule has 0 bridgehead atoms. The topological polar surface area (TPSA) is 78.9 Å². The molecule has 3 atom stereocenters. The van der Waals surface area contributed by atoms with Gasteiger partial charge in [-0.2, -0.15) is 0 Å². The molecule has 0 aromatic heterocycles. The van der Waals surface area contributed by atoms with Crippen LogP contribution in [0.4, 0.5) is 4.79 Å². The first kappa shape index (κ1) is 15.1. The molecule has 0 aromatic rings. The number of hydrogen-bond acceptors (Lipinski definition) is 3. The number of amides is 2. The Morgan fingerprint density at radius 1 is 1.40 bits per heavy atom. The van der Waals surface area contributed by atoms with Crippen LogP contribution in [0.5, 0.6) is 0 Å². The van der Waals surface area contributed by atoms with Crippen molar-refractivity contribution in [2.45, 2.75) is 51.1 Å². The van der Waals surface area contributed by atoms with E-state index in [2.05, 4.69) is 12.2 Å². The molecule has 2 amide bonds. The Labute approximate surface area is 119 Å². The molecule has 3 unspecified atom stereocenters. The molecule has 6 nitrogen and oxygen atoms in total. The van der Waals surface area contributed by atoms with Gasteiger partial charge in [-0.3, -0.25) is 0 Å². The minimum atomic E-state index is -0.904. The summed E-state index contributed by atoms with van der Waals surface area (Å²) in [7, 11) is 0. The molecule has 20 heavy (non-hydrogen) atoms. The normalized spacial score (nSPS) is 30.9. The van der Waals surface area contributed by atoms with Gasteiger partial charge in [-0.1, -0.05) is 13.3 Å². The molecular formula is C14H24N2O4. The number of ether oxygens (including phenoxy) is 1.